The molecular formula is C22H19BrClN5O4. The molecule has 0 aliphatic carbocycles. The number of methoxy groups -OCH3 is 2. The summed E-state index contributed by atoms with van der Waals surface area (Å²) in [6.45, 7) is 0.468. The number of halogens is 2. The monoisotopic (exact) mass is 531 g/mol. The zero-order valence-corrected chi connectivity index (χ0v) is 20.1. The molecule has 170 valence electrons. The second-order valence-electron chi connectivity index (χ2n) is 6.76. The van der Waals surface area contributed by atoms with Crippen molar-refractivity contribution in [2.45, 2.75) is 0 Å². The fourth-order valence-corrected chi connectivity index (χ4v) is 3.66. The summed E-state index contributed by atoms with van der Waals surface area (Å²) in [7, 11) is 3.16. The maximum atomic E-state index is 12.4. The van der Waals surface area contributed by atoms with E-state index in [0.717, 1.165) is 4.47 Å². The number of fused-ring (bicyclic) bond motifs is 1. The lowest BCUT2D eigenvalue weighted by Crippen LogP contribution is -2.28. The van der Waals surface area contributed by atoms with Gasteiger partial charge in [-0.3, -0.25) is 4.79 Å². The highest BCUT2D eigenvalue weighted by atomic mass is 79.9. The molecule has 0 atom stereocenters. The standard InChI is InChI=1S/C22H19BrClN5O4/c1-31-14-4-6-18(32-2)16(12-14)21-27-26-19-7-8-20(28-29(19)21)33-10-9-25-22(30)15-11-13(23)3-5-17(15)24/h3-8,11-12H,9-10H2,1-2H3,(H,25,30). The van der Waals surface area contributed by atoms with Crippen LogP contribution in [0.15, 0.2) is 53.0 Å². The van der Waals surface area contributed by atoms with E-state index in [4.69, 9.17) is 25.8 Å². The van der Waals surface area contributed by atoms with Gasteiger partial charge in [0.1, 0.15) is 18.1 Å². The van der Waals surface area contributed by atoms with E-state index in [2.05, 4.69) is 36.5 Å². The third-order valence-electron chi connectivity index (χ3n) is 4.70. The molecule has 0 spiro atoms. The third kappa shape index (κ3) is 5.01. The number of nitrogens with one attached hydrogen (secondary N) is 1. The Morgan fingerprint density at radius 2 is 1.94 bits per heavy atom. The number of ether oxygens (including phenoxy) is 3. The van der Waals surface area contributed by atoms with Crippen molar-refractivity contribution in [3.63, 3.8) is 0 Å². The van der Waals surface area contributed by atoms with E-state index >= 15 is 0 Å². The van der Waals surface area contributed by atoms with Crippen molar-refractivity contribution in [1.82, 2.24) is 25.1 Å². The molecule has 0 unspecified atom stereocenters. The highest BCUT2D eigenvalue weighted by molar-refractivity contribution is 9.10. The Morgan fingerprint density at radius 3 is 2.73 bits per heavy atom. The third-order valence-corrected chi connectivity index (χ3v) is 5.52. The average molecular weight is 533 g/mol. The average Bonchev–Trinajstić information content (AvgIpc) is 3.25. The number of benzene rings is 2. The van der Waals surface area contributed by atoms with Crippen molar-refractivity contribution < 1.29 is 19.0 Å². The van der Waals surface area contributed by atoms with Crippen LogP contribution in [0.4, 0.5) is 0 Å². The maximum absolute atomic E-state index is 12.4. The molecule has 33 heavy (non-hydrogen) atoms. The fourth-order valence-electron chi connectivity index (χ4n) is 3.09. The zero-order chi connectivity index (χ0) is 23.4. The quantitative estimate of drug-likeness (QED) is 0.342. The predicted octanol–water partition coefficient (Wildman–Crippen LogP) is 4.03. The number of carbonyl (C=O) groups excluding carboxylic acids is 1. The fraction of sp³-hybridized carbons (Fsp3) is 0.182. The first-order valence-electron chi connectivity index (χ1n) is 9.81. The van der Waals surface area contributed by atoms with E-state index in [-0.39, 0.29) is 19.1 Å². The lowest BCUT2D eigenvalue weighted by atomic mass is 10.2. The molecule has 0 radical (unpaired) electrons. The molecule has 0 saturated carbocycles. The van der Waals surface area contributed by atoms with Crippen LogP contribution in [0.25, 0.3) is 17.0 Å². The Balaban J connectivity index is 1.47. The number of rotatable bonds is 8. The molecule has 9 nitrogen and oxygen atoms in total. The summed E-state index contributed by atoms with van der Waals surface area (Å²) >= 11 is 9.43. The van der Waals surface area contributed by atoms with Crippen LogP contribution >= 0.6 is 27.5 Å². The van der Waals surface area contributed by atoms with Crippen LogP contribution in [0.1, 0.15) is 10.4 Å². The SMILES string of the molecule is COc1ccc(OC)c(-c2nnc3ccc(OCCNC(=O)c4cc(Br)ccc4Cl)nn23)c1. The summed E-state index contributed by atoms with van der Waals surface area (Å²) in [5, 5.41) is 16.0. The molecule has 4 rings (SSSR count). The minimum Gasteiger partial charge on any atom is -0.497 e. The van der Waals surface area contributed by atoms with Crippen molar-refractivity contribution >= 4 is 39.1 Å². The smallest absolute Gasteiger partial charge is 0.252 e. The molecule has 0 saturated heterocycles. The summed E-state index contributed by atoms with van der Waals surface area (Å²) in [4.78, 5) is 12.4. The molecule has 11 heteroatoms. The van der Waals surface area contributed by atoms with Crippen LogP contribution in [-0.4, -0.2) is 53.1 Å². The van der Waals surface area contributed by atoms with Gasteiger partial charge in [0, 0.05) is 10.5 Å². The number of carbonyl (C=O) groups is 1. The highest BCUT2D eigenvalue weighted by Gasteiger charge is 2.16. The Kier molecular flexibility index (Phi) is 6.95. The number of nitrogens with zero attached hydrogens (tertiary/aromatic N) is 4. The first-order valence-corrected chi connectivity index (χ1v) is 11.0. The second-order valence-corrected chi connectivity index (χ2v) is 8.08. The van der Waals surface area contributed by atoms with Crippen LogP contribution < -0.4 is 19.5 Å². The van der Waals surface area contributed by atoms with Crippen molar-refractivity contribution in [3.05, 3.63) is 63.6 Å². The lowest BCUT2D eigenvalue weighted by Gasteiger charge is -2.10. The molecule has 1 amide bonds. The largest absolute Gasteiger partial charge is 0.497 e. The Labute approximate surface area is 202 Å². The summed E-state index contributed by atoms with van der Waals surface area (Å²) in [5.41, 5.74) is 1.60. The molecule has 0 aliphatic rings. The van der Waals surface area contributed by atoms with Gasteiger partial charge in [-0.15, -0.1) is 15.3 Å². The zero-order valence-electron chi connectivity index (χ0n) is 17.7. The Hall–Kier alpha value is -3.37. The highest BCUT2D eigenvalue weighted by Crippen LogP contribution is 2.32. The number of hydrogen-bond donors (Lipinski definition) is 1. The number of aromatic nitrogens is 4. The van der Waals surface area contributed by atoms with Crippen LogP contribution in [0, 0.1) is 0 Å². The van der Waals surface area contributed by atoms with Gasteiger partial charge >= 0.3 is 0 Å². The van der Waals surface area contributed by atoms with Gasteiger partial charge in [-0.1, -0.05) is 27.5 Å². The second kappa shape index (κ2) is 10.1. The van der Waals surface area contributed by atoms with Gasteiger partial charge in [-0.25, -0.2) is 0 Å². The van der Waals surface area contributed by atoms with Crippen LogP contribution in [-0.2, 0) is 0 Å². The van der Waals surface area contributed by atoms with Crippen LogP contribution in [0.3, 0.4) is 0 Å². The molecule has 0 aliphatic heterocycles. The molecule has 0 bridgehead atoms. The van der Waals surface area contributed by atoms with Crippen LogP contribution in [0.5, 0.6) is 17.4 Å². The summed E-state index contributed by atoms with van der Waals surface area (Å²) < 4.78 is 18.8. The van der Waals surface area contributed by atoms with Crippen molar-refractivity contribution in [3.8, 4) is 28.8 Å². The number of hydrogen-bond acceptors (Lipinski definition) is 7. The minimum atomic E-state index is -0.292. The van der Waals surface area contributed by atoms with Gasteiger partial charge in [0.25, 0.3) is 5.91 Å². The van der Waals surface area contributed by atoms with E-state index in [1.54, 1.807) is 67.3 Å². The molecule has 1 N–H and O–H groups in total. The van der Waals surface area contributed by atoms with Crippen molar-refractivity contribution in [2.24, 2.45) is 0 Å². The van der Waals surface area contributed by atoms with Gasteiger partial charge in [-0.05, 0) is 42.5 Å². The van der Waals surface area contributed by atoms with E-state index < -0.39 is 0 Å². The van der Waals surface area contributed by atoms with Crippen LogP contribution in [0.2, 0.25) is 5.02 Å². The summed E-state index contributed by atoms with van der Waals surface area (Å²) in [6, 6.07) is 13.9. The van der Waals surface area contributed by atoms with Gasteiger partial charge in [0.05, 0.1) is 36.9 Å². The molecule has 0 fully saturated rings. The van der Waals surface area contributed by atoms with E-state index in [1.807, 2.05) is 0 Å². The van der Waals surface area contributed by atoms with E-state index in [9.17, 15) is 4.79 Å². The topological polar surface area (TPSA) is 99.9 Å². The lowest BCUT2D eigenvalue weighted by molar-refractivity contribution is 0.0946. The summed E-state index contributed by atoms with van der Waals surface area (Å²) in [5.74, 6) is 1.78. The molecule has 4 aromatic rings. The normalized spacial score (nSPS) is 10.8. The predicted molar refractivity (Wildman–Crippen MR) is 126 cm³/mol. The van der Waals surface area contributed by atoms with Gasteiger partial charge < -0.3 is 19.5 Å². The molecular weight excluding hydrogens is 514 g/mol. The van der Waals surface area contributed by atoms with Gasteiger partial charge in [0.15, 0.2) is 11.5 Å². The first-order chi connectivity index (χ1) is 16.0. The van der Waals surface area contributed by atoms with Gasteiger partial charge in [0.2, 0.25) is 5.88 Å². The molecule has 2 aromatic heterocycles. The summed E-state index contributed by atoms with van der Waals surface area (Å²) in [6.07, 6.45) is 0. The van der Waals surface area contributed by atoms with Crippen molar-refractivity contribution in [1.29, 1.82) is 0 Å². The number of amides is 1. The van der Waals surface area contributed by atoms with Gasteiger partial charge in [-0.2, -0.15) is 4.52 Å². The van der Waals surface area contributed by atoms with E-state index in [0.29, 0.717) is 45.0 Å². The molecule has 2 aromatic carbocycles. The minimum absolute atomic E-state index is 0.204. The maximum Gasteiger partial charge on any atom is 0.252 e. The Bertz CT molecular complexity index is 1310. The molecule has 2 heterocycles. The first kappa shape index (κ1) is 22.8. The Morgan fingerprint density at radius 1 is 1.09 bits per heavy atom. The van der Waals surface area contributed by atoms with E-state index in [1.165, 1.54) is 0 Å². The van der Waals surface area contributed by atoms with Crippen molar-refractivity contribution in [2.75, 3.05) is 27.4 Å².